The molecule has 130 valence electrons. The number of sulfone groups is 1. The van der Waals surface area contributed by atoms with Crippen molar-refractivity contribution in [2.45, 2.75) is 18.7 Å². The van der Waals surface area contributed by atoms with Crippen LogP contribution in [-0.4, -0.2) is 26.7 Å². The van der Waals surface area contributed by atoms with E-state index in [2.05, 4.69) is 10.3 Å². The Bertz CT molecular complexity index is 806. The summed E-state index contributed by atoms with van der Waals surface area (Å²) in [5.41, 5.74) is 8.98. The van der Waals surface area contributed by atoms with Crippen molar-refractivity contribution in [3.05, 3.63) is 59.7 Å². The summed E-state index contributed by atoms with van der Waals surface area (Å²) >= 11 is 0. The molecule has 0 radical (unpaired) electrons. The Morgan fingerprint density at radius 1 is 1.08 bits per heavy atom. The summed E-state index contributed by atoms with van der Waals surface area (Å²) in [6, 6.07) is 14.2. The minimum absolute atomic E-state index is 0. The van der Waals surface area contributed by atoms with Crippen LogP contribution < -0.4 is 11.1 Å². The standard InChI is InChI=1S/C17H21N3O2S.HI/c1-13-8-9-15(12-14(13)2)20-17(18)19-10-11-23(21,22)16-6-4-3-5-7-16;/h3-9,12H,10-11H2,1-2H3,(H3,18,19,20);1H. The van der Waals surface area contributed by atoms with Crippen molar-refractivity contribution < 1.29 is 8.42 Å². The molecule has 0 saturated carbocycles. The summed E-state index contributed by atoms with van der Waals surface area (Å²) in [5.74, 6) is 0.128. The lowest BCUT2D eigenvalue weighted by molar-refractivity contribution is 0.596. The molecule has 2 rings (SSSR count). The van der Waals surface area contributed by atoms with E-state index in [1.165, 1.54) is 5.56 Å². The van der Waals surface area contributed by atoms with Crippen LogP contribution in [0.5, 0.6) is 0 Å². The smallest absolute Gasteiger partial charge is 0.193 e. The van der Waals surface area contributed by atoms with Gasteiger partial charge in [0.25, 0.3) is 0 Å². The van der Waals surface area contributed by atoms with E-state index in [1.54, 1.807) is 30.3 Å². The van der Waals surface area contributed by atoms with Crippen LogP contribution in [0.2, 0.25) is 0 Å². The summed E-state index contributed by atoms with van der Waals surface area (Å²) in [7, 11) is -3.33. The Hall–Kier alpha value is -1.61. The predicted octanol–water partition coefficient (Wildman–Crippen LogP) is 3.12. The highest BCUT2D eigenvalue weighted by atomic mass is 127. The number of aliphatic imine (C=N–C) groups is 1. The van der Waals surface area contributed by atoms with Crippen molar-refractivity contribution in [2.75, 3.05) is 17.6 Å². The van der Waals surface area contributed by atoms with Crippen LogP contribution in [0.4, 0.5) is 5.69 Å². The van der Waals surface area contributed by atoms with Gasteiger partial charge in [-0.15, -0.1) is 24.0 Å². The van der Waals surface area contributed by atoms with Crippen LogP contribution in [0.25, 0.3) is 0 Å². The molecule has 7 heteroatoms. The number of anilines is 1. The molecule has 0 aromatic heterocycles. The molecule has 0 unspecified atom stereocenters. The van der Waals surface area contributed by atoms with Gasteiger partial charge in [0.2, 0.25) is 0 Å². The Kier molecular flexibility index (Phi) is 7.68. The van der Waals surface area contributed by atoms with Crippen LogP contribution in [-0.2, 0) is 9.84 Å². The molecule has 24 heavy (non-hydrogen) atoms. The van der Waals surface area contributed by atoms with Crippen molar-refractivity contribution in [1.29, 1.82) is 0 Å². The number of halogens is 1. The van der Waals surface area contributed by atoms with Gasteiger partial charge >= 0.3 is 0 Å². The number of nitrogens with two attached hydrogens (primary N) is 1. The normalized spacial score (nSPS) is 11.7. The van der Waals surface area contributed by atoms with E-state index < -0.39 is 9.84 Å². The molecule has 5 nitrogen and oxygen atoms in total. The zero-order valence-corrected chi connectivity index (χ0v) is 16.8. The van der Waals surface area contributed by atoms with Gasteiger partial charge in [-0.25, -0.2) is 8.42 Å². The van der Waals surface area contributed by atoms with E-state index in [9.17, 15) is 8.42 Å². The van der Waals surface area contributed by atoms with Crippen molar-refractivity contribution >= 4 is 45.5 Å². The average molecular weight is 459 g/mol. The van der Waals surface area contributed by atoms with Crippen LogP contribution in [0.1, 0.15) is 11.1 Å². The van der Waals surface area contributed by atoms with Gasteiger partial charge in [0.15, 0.2) is 15.8 Å². The lowest BCUT2D eigenvalue weighted by atomic mass is 10.1. The average Bonchev–Trinajstić information content (AvgIpc) is 2.52. The second-order valence-corrected chi connectivity index (χ2v) is 7.43. The van der Waals surface area contributed by atoms with Crippen LogP contribution in [0.15, 0.2) is 58.4 Å². The first kappa shape index (κ1) is 20.4. The fourth-order valence-electron chi connectivity index (χ4n) is 2.04. The van der Waals surface area contributed by atoms with Gasteiger partial charge in [-0.2, -0.15) is 0 Å². The highest BCUT2D eigenvalue weighted by Gasteiger charge is 2.12. The third-order valence-electron chi connectivity index (χ3n) is 3.52. The SMILES string of the molecule is Cc1ccc(NC(N)=NCCS(=O)(=O)c2ccccc2)cc1C.I. The van der Waals surface area contributed by atoms with Crippen LogP contribution in [0.3, 0.4) is 0 Å². The van der Waals surface area contributed by atoms with Gasteiger partial charge in [0, 0.05) is 5.69 Å². The number of aryl methyl sites for hydroxylation is 2. The molecule has 3 N–H and O–H groups in total. The Morgan fingerprint density at radius 2 is 1.75 bits per heavy atom. The number of nitrogens with zero attached hydrogens (tertiary/aromatic N) is 1. The summed E-state index contributed by atoms with van der Waals surface area (Å²) in [6.07, 6.45) is 0. The van der Waals surface area contributed by atoms with Crippen LogP contribution >= 0.6 is 24.0 Å². The topological polar surface area (TPSA) is 84.5 Å². The number of guanidine groups is 1. The highest BCUT2D eigenvalue weighted by molar-refractivity contribution is 14.0. The van der Waals surface area contributed by atoms with Gasteiger partial charge in [-0.3, -0.25) is 4.99 Å². The Morgan fingerprint density at radius 3 is 2.38 bits per heavy atom. The molecule has 0 spiro atoms. The molecule has 0 aliphatic heterocycles. The molecule has 2 aromatic carbocycles. The zero-order valence-electron chi connectivity index (χ0n) is 13.7. The van der Waals surface area contributed by atoms with Crippen molar-refractivity contribution in [3.8, 4) is 0 Å². The number of hydrogen-bond donors (Lipinski definition) is 2. The number of rotatable bonds is 5. The monoisotopic (exact) mass is 459 g/mol. The molecule has 0 heterocycles. The minimum Gasteiger partial charge on any atom is -0.370 e. The first-order chi connectivity index (χ1) is 10.9. The van der Waals surface area contributed by atoms with Gasteiger partial charge in [-0.1, -0.05) is 24.3 Å². The maximum Gasteiger partial charge on any atom is 0.193 e. The molecule has 0 saturated heterocycles. The van der Waals surface area contributed by atoms with Gasteiger partial charge < -0.3 is 11.1 Å². The Labute approximate surface area is 160 Å². The fraction of sp³-hybridized carbons (Fsp3) is 0.235. The molecule has 2 aromatic rings. The molecular formula is C17H22IN3O2S. The summed E-state index contributed by atoms with van der Waals surface area (Å²) in [4.78, 5) is 4.39. The van der Waals surface area contributed by atoms with Crippen molar-refractivity contribution in [3.63, 3.8) is 0 Å². The predicted molar refractivity (Wildman–Crippen MR) is 110 cm³/mol. The molecule has 0 aliphatic rings. The van der Waals surface area contributed by atoms with E-state index in [0.717, 1.165) is 11.3 Å². The van der Waals surface area contributed by atoms with Crippen LogP contribution in [0, 0.1) is 13.8 Å². The zero-order chi connectivity index (χ0) is 16.9. The second kappa shape index (κ2) is 9.03. The third kappa shape index (κ3) is 5.79. The Balaban J connectivity index is 0.00000288. The van der Waals surface area contributed by atoms with E-state index >= 15 is 0 Å². The third-order valence-corrected chi connectivity index (χ3v) is 5.23. The van der Waals surface area contributed by atoms with E-state index in [4.69, 9.17) is 5.73 Å². The number of benzene rings is 2. The maximum atomic E-state index is 12.1. The first-order valence-electron chi connectivity index (χ1n) is 7.30. The van der Waals surface area contributed by atoms with Gasteiger partial charge in [0.05, 0.1) is 17.2 Å². The largest absolute Gasteiger partial charge is 0.370 e. The van der Waals surface area contributed by atoms with Crippen molar-refractivity contribution in [2.24, 2.45) is 10.7 Å². The molecule has 0 amide bonds. The number of nitrogens with one attached hydrogen (secondary N) is 1. The van der Waals surface area contributed by atoms with Gasteiger partial charge in [0.1, 0.15) is 0 Å². The number of hydrogen-bond acceptors (Lipinski definition) is 3. The summed E-state index contributed by atoms with van der Waals surface area (Å²) < 4.78 is 24.2. The summed E-state index contributed by atoms with van der Waals surface area (Å²) in [5, 5.41) is 2.97. The van der Waals surface area contributed by atoms with Gasteiger partial charge in [-0.05, 0) is 49.2 Å². The fourth-order valence-corrected chi connectivity index (χ4v) is 3.18. The van der Waals surface area contributed by atoms with Crippen molar-refractivity contribution in [1.82, 2.24) is 0 Å². The molecule has 0 atom stereocenters. The quantitative estimate of drug-likeness (QED) is 0.409. The summed E-state index contributed by atoms with van der Waals surface area (Å²) in [6.45, 7) is 4.16. The molecule has 0 aliphatic carbocycles. The van der Waals surface area contributed by atoms with E-state index in [-0.39, 0.29) is 42.2 Å². The van der Waals surface area contributed by atoms with E-state index in [1.807, 2.05) is 32.0 Å². The molecular weight excluding hydrogens is 437 g/mol. The lowest BCUT2D eigenvalue weighted by Crippen LogP contribution is -2.24. The minimum atomic E-state index is -3.33. The first-order valence-corrected chi connectivity index (χ1v) is 8.96. The maximum absolute atomic E-state index is 12.1. The second-order valence-electron chi connectivity index (χ2n) is 5.32. The highest BCUT2D eigenvalue weighted by Crippen LogP contribution is 2.14. The lowest BCUT2D eigenvalue weighted by Gasteiger charge is -2.08. The molecule has 0 bridgehead atoms. The molecule has 0 fully saturated rings. The van der Waals surface area contributed by atoms with E-state index in [0.29, 0.717) is 4.90 Å².